The summed E-state index contributed by atoms with van der Waals surface area (Å²) in [6, 6.07) is 0. The Morgan fingerprint density at radius 1 is 1.78 bits per heavy atom. The minimum absolute atomic E-state index is 0.128. The Balaban J connectivity index is 3.98. The Labute approximate surface area is 53.7 Å². The lowest BCUT2D eigenvalue weighted by molar-refractivity contribution is -0.111. The van der Waals surface area contributed by atoms with Gasteiger partial charge < -0.3 is 10.6 Å². The summed E-state index contributed by atoms with van der Waals surface area (Å²) in [6.45, 7) is 1.52. The molecule has 0 aliphatic carbocycles. The Bertz CT molecular complexity index is 131. The number of rotatable bonds is 3. The molecular formula is C5H10N2O2. The summed E-state index contributed by atoms with van der Waals surface area (Å²) < 4.78 is 0. The van der Waals surface area contributed by atoms with E-state index in [-0.39, 0.29) is 18.0 Å². The molecule has 0 spiro atoms. The Kier molecular flexibility index (Phi) is 3.62. The van der Waals surface area contributed by atoms with Crippen molar-refractivity contribution in [2.24, 2.45) is 10.9 Å². The van der Waals surface area contributed by atoms with Crippen LogP contribution < -0.4 is 5.73 Å². The number of carbonyl (C=O) groups is 1. The van der Waals surface area contributed by atoms with E-state index in [4.69, 9.17) is 5.73 Å². The Hall–Kier alpha value is -0.900. The van der Waals surface area contributed by atoms with Crippen LogP contribution in [0, 0.1) is 0 Å². The van der Waals surface area contributed by atoms with Crippen molar-refractivity contribution in [1.82, 2.24) is 0 Å². The number of ketones is 1. The molecule has 0 atom stereocenters. The molecule has 0 aromatic heterocycles. The molecule has 0 radical (unpaired) electrons. The molecule has 0 fully saturated rings. The minimum Gasteiger partial charge on any atom is -0.399 e. The van der Waals surface area contributed by atoms with Gasteiger partial charge in [0.15, 0.2) is 5.78 Å². The second-order valence-corrected chi connectivity index (χ2v) is 1.48. The van der Waals surface area contributed by atoms with Crippen molar-refractivity contribution in [1.29, 1.82) is 0 Å². The van der Waals surface area contributed by atoms with Crippen LogP contribution in [0.25, 0.3) is 0 Å². The highest BCUT2D eigenvalue weighted by Gasteiger charge is 2.01. The van der Waals surface area contributed by atoms with Gasteiger partial charge in [0.25, 0.3) is 0 Å². The molecule has 0 saturated heterocycles. The molecule has 52 valence electrons. The number of oxime groups is 1. The van der Waals surface area contributed by atoms with Gasteiger partial charge in [-0.05, 0) is 0 Å². The molecule has 0 heterocycles. The average molecular weight is 130 g/mol. The smallest absolute Gasteiger partial charge is 0.178 e. The van der Waals surface area contributed by atoms with Gasteiger partial charge in [-0.3, -0.25) is 4.79 Å². The lowest BCUT2D eigenvalue weighted by atomic mass is 10.3. The summed E-state index contributed by atoms with van der Waals surface area (Å²) in [5, 5.41) is 3.38. The number of nitrogens with two attached hydrogens (primary N) is 1. The average Bonchev–Trinajstić information content (AvgIpc) is 1.82. The predicted octanol–water partition coefficient (Wildman–Crippen LogP) is -0.463. The first-order valence-electron chi connectivity index (χ1n) is 2.53. The molecule has 9 heavy (non-hydrogen) atoms. The largest absolute Gasteiger partial charge is 0.399 e. The predicted molar refractivity (Wildman–Crippen MR) is 34.2 cm³/mol. The maximum atomic E-state index is 10.5. The van der Waals surface area contributed by atoms with Crippen LogP contribution in [0.4, 0.5) is 0 Å². The number of hydrogen-bond acceptors (Lipinski definition) is 4. The van der Waals surface area contributed by atoms with Crippen molar-refractivity contribution in [2.45, 2.75) is 6.92 Å². The zero-order valence-corrected chi connectivity index (χ0v) is 5.55. The van der Waals surface area contributed by atoms with E-state index in [0.29, 0.717) is 0 Å². The van der Waals surface area contributed by atoms with E-state index in [9.17, 15) is 4.79 Å². The third-order valence-corrected chi connectivity index (χ3v) is 0.801. The van der Waals surface area contributed by atoms with Gasteiger partial charge in [-0.15, -0.1) is 0 Å². The van der Waals surface area contributed by atoms with Gasteiger partial charge in [0.2, 0.25) is 0 Å². The van der Waals surface area contributed by atoms with Crippen LogP contribution in [0.5, 0.6) is 0 Å². The third-order valence-electron chi connectivity index (χ3n) is 0.801. The third kappa shape index (κ3) is 2.81. The first-order valence-corrected chi connectivity index (χ1v) is 2.53. The quantitative estimate of drug-likeness (QED) is 0.415. The monoisotopic (exact) mass is 130 g/mol. The zero-order chi connectivity index (χ0) is 7.28. The van der Waals surface area contributed by atoms with Crippen LogP contribution in [0.1, 0.15) is 6.92 Å². The number of nitrogens with zero attached hydrogens (tertiary/aromatic N) is 1. The Morgan fingerprint density at radius 2 is 2.33 bits per heavy atom. The van der Waals surface area contributed by atoms with Crippen LogP contribution in [0.15, 0.2) is 5.16 Å². The van der Waals surface area contributed by atoms with Gasteiger partial charge in [0.1, 0.15) is 12.8 Å². The molecule has 0 aliphatic heterocycles. The minimum atomic E-state index is -0.153. The maximum absolute atomic E-state index is 10.5. The molecule has 4 heteroatoms. The molecular weight excluding hydrogens is 120 g/mol. The fourth-order valence-electron chi connectivity index (χ4n) is 0.355. The molecule has 0 amide bonds. The highest BCUT2D eigenvalue weighted by molar-refractivity contribution is 6.39. The topological polar surface area (TPSA) is 64.7 Å². The fraction of sp³-hybridized carbons (Fsp3) is 0.600. The van der Waals surface area contributed by atoms with Crippen molar-refractivity contribution in [2.75, 3.05) is 13.7 Å². The lowest BCUT2D eigenvalue weighted by Gasteiger charge is -1.93. The second-order valence-electron chi connectivity index (χ2n) is 1.48. The summed E-state index contributed by atoms with van der Waals surface area (Å²) >= 11 is 0. The van der Waals surface area contributed by atoms with Gasteiger partial charge in [0.05, 0.1) is 0 Å². The standard InChI is InChI=1S/C5H10N2O2/c1-4(8)5(3-6)7-9-2/h3,6H2,1-2H3/b7-5-. The summed E-state index contributed by atoms with van der Waals surface area (Å²) in [4.78, 5) is 14.8. The first kappa shape index (κ1) is 8.10. The van der Waals surface area contributed by atoms with Crippen LogP contribution in [-0.2, 0) is 9.63 Å². The number of Topliss-reactive ketones (excluding diaryl/α,β-unsaturated/α-hetero) is 1. The molecule has 0 unspecified atom stereocenters. The SMILES string of the molecule is CO/N=C(/CN)C(C)=O. The number of hydrogen-bond donors (Lipinski definition) is 1. The van der Waals surface area contributed by atoms with Crippen LogP contribution in [0.3, 0.4) is 0 Å². The molecule has 4 nitrogen and oxygen atoms in total. The van der Waals surface area contributed by atoms with Crippen LogP contribution >= 0.6 is 0 Å². The van der Waals surface area contributed by atoms with E-state index in [1.165, 1.54) is 14.0 Å². The van der Waals surface area contributed by atoms with Gasteiger partial charge >= 0.3 is 0 Å². The Morgan fingerprint density at radius 3 is 2.44 bits per heavy atom. The molecule has 0 aromatic rings. The molecule has 0 rings (SSSR count). The van der Waals surface area contributed by atoms with E-state index in [0.717, 1.165) is 0 Å². The van der Waals surface area contributed by atoms with E-state index < -0.39 is 0 Å². The van der Waals surface area contributed by atoms with Gasteiger partial charge in [-0.1, -0.05) is 5.16 Å². The second kappa shape index (κ2) is 4.03. The molecule has 0 aliphatic rings. The molecule has 0 aromatic carbocycles. The summed E-state index contributed by atoms with van der Waals surface area (Å²) in [7, 11) is 1.37. The summed E-state index contributed by atoms with van der Waals surface area (Å²) in [5.74, 6) is -0.153. The van der Waals surface area contributed by atoms with E-state index >= 15 is 0 Å². The molecule has 0 saturated carbocycles. The van der Waals surface area contributed by atoms with Crippen LogP contribution in [-0.4, -0.2) is 25.1 Å². The molecule has 0 bridgehead atoms. The fourth-order valence-corrected chi connectivity index (χ4v) is 0.355. The van der Waals surface area contributed by atoms with Crippen molar-refractivity contribution < 1.29 is 9.63 Å². The maximum Gasteiger partial charge on any atom is 0.178 e. The highest BCUT2D eigenvalue weighted by Crippen LogP contribution is 1.78. The lowest BCUT2D eigenvalue weighted by Crippen LogP contribution is -2.21. The van der Waals surface area contributed by atoms with E-state index in [2.05, 4.69) is 9.99 Å². The van der Waals surface area contributed by atoms with Gasteiger partial charge in [-0.2, -0.15) is 0 Å². The van der Waals surface area contributed by atoms with Crippen molar-refractivity contribution in [3.8, 4) is 0 Å². The van der Waals surface area contributed by atoms with E-state index in [1.54, 1.807) is 0 Å². The zero-order valence-electron chi connectivity index (χ0n) is 5.55. The van der Waals surface area contributed by atoms with Gasteiger partial charge in [0, 0.05) is 13.5 Å². The van der Waals surface area contributed by atoms with Crippen molar-refractivity contribution in [3.63, 3.8) is 0 Å². The van der Waals surface area contributed by atoms with Gasteiger partial charge in [-0.25, -0.2) is 0 Å². The highest BCUT2D eigenvalue weighted by atomic mass is 16.6. The first-order chi connectivity index (χ1) is 4.22. The van der Waals surface area contributed by atoms with Crippen molar-refractivity contribution >= 4 is 11.5 Å². The summed E-state index contributed by atoms with van der Waals surface area (Å²) in [6.07, 6.45) is 0. The summed E-state index contributed by atoms with van der Waals surface area (Å²) in [5.41, 5.74) is 5.39. The van der Waals surface area contributed by atoms with Crippen molar-refractivity contribution in [3.05, 3.63) is 0 Å². The van der Waals surface area contributed by atoms with E-state index in [1.807, 2.05) is 0 Å². The normalized spacial score (nSPS) is 11.2. The van der Waals surface area contributed by atoms with Crippen LogP contribution in [0.2, 0.25) is 0 Å². The molecule has 2 N–H and O–H groups in total. The number of carbonyl (C=O) groups excluding carboxylic acids is 1.